The van der Waals surface area contributed by atoms with Crippen LogP contribution in [0.4, 0.5) is 0 Å². The van der Waals surface area contributed by atoms with Gasteiger partial charge in [-0.3, -0.25) is 14.6 Å². The van der Waals surface area contributed by atoms with Crippen LogP contribution in [0.3, 0.4) is 0 Å². The molecule has 3 aromatic heterocycles. The Morgan fingerprint density at radius 3 is 2.85 bits per heavy atom. The quantitative estimate of drug-likeness (QED) is 0.546. The van der Waals surface area contributed by atoms with E-state index < -0.39 is 0 Å². The molecule has 4 aromatic rings. The zero-order valence-electron chi connectivity index (χ0n) is 13.6. The smallest absolute Gasteiger partial charge is 0.290 e. The van der Waals surface area contributed by atoms with Crippen LogP contribution in [0.15, 0.2) is 66.2 Å². The molecule has 0 amide bonds. The van der Waals surface area contributed by atoms with Crippen molar-refractivity contribution < 1.29 is 9.90 Å². The number of hydrogen-bond acceptors (Lipinski definition) is 5. The molecule has 0 bridgehead atoms. The molecule has 4 rings (SSSR count). The molecule has 26 heavy (non-hydrogen) atoms. The summed E-state index contributed by atoms with van der Waals surface area (Å²) in [5.74, 6) is 0.837. The van der Waals surface area contributed by atoms with E-state index in [4.69, 9.17) is 9.90 Å². The van der Waals surface area contributed by atoms with Crippen LogP contribution in [0.1, 0.15) is 5.69 Å². The number of H-pyrrole nitrogens is 1. The average molecular weight is 349 g/mol. The van der Waals surface area contributed by atoms with Crippen molar-refractivity contribution in [3.05, 3.63) is 77.5 Å². The molecular weight excluding hydrogens is 334 g/mol. The van der Waals surface area contributed by atoms with Crippen LogP contribution in [0, 0.1) is 0 Å². The number of carbonyl (C=O) groups is 1. The van der Waals surface area contributed by atoms with Gasteiger partial charge in [-0.05, 0) is 11.5 Å². The Bertz CT molecular complexity index is 1080. The molecule has 0 unspecified atom stereocenters. The van der Waals surface area contributed by atoms with E-state index in [0.29, 0.717) is 12.2 Å². The highest BCUT2D eigenvalue weighted by atomic mass is 16.3. The van der Waals surface area contributed by atoms with Crippen LogP contribution >= 0.6 is 0 Å². The number of nitrogens with one attached hydrogen (secondary N) is 1. The summed E-state index contributed by atoms with van der Waals surface area (Å²) in [6.45, 7) is 0.237. The number of pyridine rings is 1. The Morgan fingerprint density at radius 2 is 2.04 bits per heavy atom. The molecule has 0 aliphatic carbocycles. The highest BCUT2D eigenvalue weighted by Gasteiger charge is 2.10. The second-order valence-electron chi connectivity index (χ2n) is 5.29. The van der Waals surface area contributed by atoms with Gasteiger partial charge < -0.3 is 14.7 Å². The molecule has 0 atom stereocenters. The monoisotopic (exact) mass is 349 g/mol. The number of carboxylic acid groups (broad SMARTS) is 1. The van der Waals surface area contributed by atoms with Crippen molar-refractivity contribution in [2.24, 2.45) is 0 Å². The summed E-state index contributed by atoms with van der Waals surface area (Å²) in [7, 11) is 0. The van der Waals surface area contributed by atoms with Gasteiger partial charge in [0.15, 0.2) is 0 Å². The van der Waals surface area contributed by atoms with Crippen LogP contribution in [0.5, 0.6) is 0 Å². The van der Waals surface area contributed by atoms with Crippen LogP contribution in [0.2, 0.25) is 0 Å². The summed E-state index contributed by atoms with van der Waals surface area (Å²) in [5, 5.41) is 9.04. The van der Waals surface area contributed by atoms with Gasteiger partial charge >= 0.3 is 0 Å². The highest BCUT2D eigenvalue weighted by Crippen LogP contribution is 2.27. The van der Waals surface area contributed by atoms with E-state index in [1.807, 2.05) is 41.2 Å². The molecule has 0 saturated carbocycles. The standard InChI is InChI=1S/C17H13N5O.CH2O2/c23-16-8-13(20-11-21-16)10-22-7-6-19-17(22)15-3-1-2-12-9-18-5-4-14(12)15;2-1-3/h1-9,11H,10H2,(H,20,21,23);1H,(H,2,3). The molecule has 8 heteroatoms. The predicted molar refractivity (Wildman–Crippen MR) is 95.6 cm³/mol. The maximum Gasteiger partial charge on any atom is 0.290 e. The lowest BCUT2D eigenvalue weighted by Gasteiger charge is -2.09. The van der Waals surface area contributed by atoms with Gasteiger partial charge in [0.05, 0.1) is 18.6 Å². The zero-order chi connectivity index (χ0) is 18.4. The third-order valence-corrected chi connectivity index (χ3v) is 3.70. The van der Waals surface area contributed by atoms with E-state index >= 15 is 0 Å². The first-order chi connectivity index (χ1) is 12.7. The first kappa shape index (κ1) is 17.0. The molecule has 0 saturated heterocycles. The van der Waals surface area contributed by atoms with E-state index in [2.05, 4.69) is 19.9 Å². The van der Waals surface area contributed by atoms with Crippen molar-refractivity contribution in [2.75, 3.05) is 0 Å². The van der Waals surface area contributed by atoms with E-state index in [-0.39, 0.29) is 12.0 Å². The van der Waals surface area contributed by atoms with Gasteiger partial charge in [0.1, 0.15) is 5.82 Å². The highest BCUT2D eigenvalue weighted by molar-refractivity contribution is 5.94. The number of aromatic amines is 1. The Morgan fingerprint density at radius 1 is 1.19 bits per heavy atom. The fraction of sp³-hybridized carbons (Fsp3) is 0.0556. The second kappa shape index (κ2) is 7.84. The van der Waals surface area contributed by atoms with Crippen LogP contribution in [-0.4, -0.2) is 36.1 Å². The van der Waals surface area contributed by atoms with Gasteiger partial charge in [0.2, 0.25) is 0 Å². The third-order valence-electron chi connectivity index (χ3n) is 3.70. The van der Waals surface area contributed by atoms with Crippen LogP contribution < -0.4 is 5.56 Å². The third kappa shape index (κ3) is 3.64. The molecule has 0 fully saturated rings. The average Bonchev–Trinajstić information content (AvgIpc) is 3.10. The van der Waals surface area contributed by atoms with Crippen molar-refractivity contribution >= 4 is 17.2 Å². The summed E-state index contributed by atoms with van der Waals surface area (Å²) in [4.78, 5) is 35.1. The summed E-state index contributed by atoms with van der Waals surface area (Å²) in [6, 6.07) is 9.53. The van der Waals surface area contributed by atoms with Gasteiger partial charge in [-0.25, -0.2) is 9.97 Å². The second-order valence-corrected chi connectivity index (χ2v) is 5.29. The van der Waals surface area contributed by atoms with E-state index in [1.165, 1.54) is 12.4 Å². The van der Waals surface area contributed by atoms with E-state index in [0.717, 1.165) is 22.2 Å². The van der Waals surface area contributed by atoms with Gasteiger partial charge in [-0.1, -0.05) is 18.2 Å². The van der Waals surface area contributed by atoms with Crippen molar-refractivity contribution in [1.82, 2.24) is 24.5 Å². The summed E-state index contributed by atoms with van der Waals surface area (Å²) in [5.41, 5.74) is 1.56. The van der Waals surface area contributed by atoms with Gasteiger partial charge in [-0.15, -0.1) is 0 Å². The zero-order valence-corrected chi connectivity index (χ0v) is 13.6. The number of fused-ring (bicyclic) bond motifs is 1. The minimum Gasteiger partial charge on any atom is -0.483 e. The molecule has 2 N–H and O–H groups in total. The van der Waals surface area contributed by atoms with Crippen LogP contribution in [-0.2, 0) is 11.3 Å². The number of imidazole rings is 1. The molecule has 1 aromatic carbocycles. The number of rotatable bonds is 3. The Labute approximate surface area is 147 Å². The molecule has 130 valence electrons. The van der Waals surface area contributed by atoms with Crippen molar-refractivity contribution in [3.63, 3.8) is 0 Å². The van der Waals surface area contributed by atoms with Gasteiger partial charge in [0, 0.05) is 41.8 Å². The summed E-state index contributed by atoms with van der Waals surface area (Å²) < 4.78 is 1.98. The van der Waals surface area contributed by atoms with Crippen molar-refractivity contribution in [2.45, 2.75) is 6.54 Å². The lowest BCUT2D eigenvalue weighted by Crippen LogP contribution is -2.10. The van der Waals surface area contributed by atoms with Gasteiger partial charge in [-0.2, -0.15) is 0 Å². The number of nitrogens with zero attached hydrogens (tertiary/aromatic N) is 4. The SMILES string of the molecule is O=CO.O=c1cc(Cn2ccnc2-c2cccc3cnccc23)nc[nH]1. The Kier molecular flexibility index (Phi) is 5.14. The van der Waals surface area contributed by atoms with Crippen molar-refractivity contribution in [3.8, 4) is 11.4 Å². The van der Waals surface area contributed by atoms with Crippen LogP contribution in [0.25, 0.3) is 22.2 Å². The van der Waals surface area contributed by atoms with Gasteiger partial charge in [0.25, 0.3) is 12.0 Å². The minimum atomic E-state index is -0.250. The lowest BCUT2D eigenvalue weighted by atomic mass is 10.1. The maximum atomic E-state index is 11.4. The number of hydrogen-bond donors (Lipinski definition) is 2. The number of aromatic nitrogens is 5. The molecule has 3 heterocycles. The fourth-order valence-electron chi connectivity index (χ4n) is 2.67. The largest absolute Gasteiger partial charge is 0.483 e. The molecule has 8 nitrogen and oxygen atoms in total. The normalized spacial score (nSPS) is 10.2. The first-order valence-electron chi connectivity index (χ1n) is 7.68. The van der Waals surface area contributed by atoms with E-state index in [9.17, 15) is 4.79 Å². The van der Waals surface area contributed by atoms with Crippen molar-refractivity contribution in [1.29, 1.82) is 0 Å². The molecule has 0 spiro atoms. The van der Waals surface area contributed by atoms with E-state index in [1.54, 1.807) is 12.4 Å². The summed E-state index contributed by atoms with van der Waals surface area (Å²) >= 11 is 0. The molecule has 0 radical (unpaired) electrons. The predicted octanol–water partition coefficient (Wildman–Crippen LogP) is 1.93. The molecular formula is C18H15N5O3. The Balaban J connectivity index is 0.000000613. The molecule has 0 aliphatic heterocycles. The lowest BCUT2D eigenvalue weighted by molar-refractivity contribution is -0.122. The fourth-order valence-corrected chi connectivity index (χ4v) is 2.67. The number of benzene rings is 1. The summed E-state index contributed by atoms with van der Waals surface area (Å²) in [6.07, 6.45) is 8.67. The first-order valence-corrected chi connectivity index (χ1v) is 7.68. The topological polar surface area (TPSA) is 114 Å². The molecule has 0 aliphatic rings. The Hall–Kier alpha value is -3.81. The maximum absolute atomic E-state index is 11.4. The minimum absolute atomic E-state index is 0.159.